The van der Waals surface area contributed by atoms with Gasteiger partial charge in [-0.25, -0.2) is 4.98 Å². The first-order chi connectivity index (χ1) is 11.1. The molecule has 3 rings (SSSR count). The Bertz CT molecular complexity index is 871. The lowest BCUT2D eigenvalue weighted by atomic mass is 9.89. The Morgan fingerprint density at radius 3 is 2.83 bits per heavy atom. The molecule has 1 aromatic carbocycles. The molecule has 0 spiro atoms. The third kappa shape index (κ3) is 3.12. The molecule has 0 aliphatic carbocycles. The monoisotopic (exact) mass is 373 g/mol. The molecule has 0 aliphatic heterocycles. The average molecular weight is 374 g/mol. The van der Waals surface area contributed by atoms with Crippen molar-refractivity contribution in [2.75, 3.05) is 0 Å². The second-order valence-electron chi connectivity index (χ2n) is 5.33. The minimum absolute atomic E-state index is 0.188. The third-order valence-corrected chi connectivity index (χ3v) is 4.33. The van der Waals surface area contributed by atoms with E-state index in [0.29, 0.717) is 4.47 Å². The highest BCUT2D eigenvalue weighted by molar-refractivity contribution is 9.10. The second kappa shape index (κ2) is 6.50. The molecule has 0 aliphatic rings. The molecule has 3 aromatic rings. The van der Waals surface area contributed by atoms with Gasteiger partial charge in [0.1, 0.15) is 6.04 Å². The van der Waals surface area contributed by atoms with Gasteiger partial charge in [0.2, 0.25) is 5.95 Å². The van der Waals surface area contributed by atoms with Gasteiger partial charge in [-0.3, -0.25) is 4.98 Å². The number of halogens is 2. The van der Waals surface area contributed by atoms with E-state index in [1.165, 1.54) is 6.20 Å². The van der Waals surface area contributed by atoms with Crippen LogP contribution in [0.1, 0.15) is 30.0 Å². The molecular formula is C17H13BrFN3O. The van der Waals surface area contributed by atoms with Crippen LogP contribution >= 0.6 is 15.9 Å². The molecule has 0 N–H and O–H groups in total. The zero-order valence-electron chi connectivity index (χ0n) is 12.3. The van der Waals surface area contributed by atoms with Gasteiger partial charge >= 0.3 is 0 Å². The van der Waals surface area contributed by atoms with Crippen molar-refractivity contribution in [2.45, 2.75) is 18.9 Å². The molecule has 0 radical (unpaired) electrons. The van der Waals surface area contributed by atoms with Crippen LogP contribution < -0.4 is 0 Å². The highest BCUT2D eigenvalue weighted by Crippen LogP contribution is 2.36. The van der Waals surface area contributed by atoms with E-state index in [-0.39, 0.29) is 11.5 Å². The molecule has 0 bridgehead atoms. The van der Waals surface area contributed by atoms with Crippen LogP contribution in [0.4, 0.5) is 4.39 Å². The van der Waals surface area contributed by atoms with Gasteiger partial charge in [0.25, 0.3) is 0 Å². The minimum atomic E-state index is -0.853. The number of nitroso groups, excluding NO2 is 1. The highest BCUT2D eigenvalue weighted by atomic mass is 79.9. The van der Waals surface area contributed by atoms with E-state index in [1.54, 1.807) is 12.3 Å². The summed E-state index contributed by atoms with van der Waals surface area (Å²) in [6.45, 7) is 1.85. The van der Waals surface area contributed by atoms with Crippen LogP contribution in [0.5, 0.6) is 0 Å². The largest absolute Gasteiger partial charge is 0.256 e. The number of hydrogen-bond acceptors (Lipinski definition) is 4. The highest BCUT2D eigenvalue weighted by Gasteiger charge is 2.26. The SMILES string of the molecule is CC(c1ccc2ncccc2c1)C(N=O)c1cc(Br)cnc1F. The minimum Gasteiger partial charge on any atom is -0.256 e. The Morgan fingerprint density at radius 1 is 1.22 bits per heavy atom. The summed E-state index contributed by atoms with van der Waals surface area (Å²) in [4.78, 5) is 19.3. The summed E-state index contributed by atoms with van der Waals surface area (Å²) in [7, 11) is 0. The van der Waals surface area contributed by atoms with Crippen molar-refractivity contribution >= 4 is 26.8 Å². The van der Waals surface area contributed by atoms with Crippen molar-refractivity contribution in [3.63, 3.8) is 0 Å². The van der Waals surface area contributed by atoms with E-state index in [0.717, 1.165) is 16.5 Å². The predicted octanol–water partition coefficient (Wildman–Crippen LogP) is 5.14. The first-order valence-corrected chi connectivity index (χ1v) is 7.87. The fraction of sp³-hybridized carbons (Fsp3) is 0.176. The van der Waals surface area contributed by atoms with Crippen molar-refractivity contribution in [3.05, 3.63) is 75.2 Å². The molecule has 0 fully saturated rings. The van der Waals surface area contributed by atoms with Crippen LogP contribution in [0, 0.1) is 10.9 Å². The van der Waals surface area contributed by atoms with Crippen LogP contribution in [0.3, 0.4) is 0 Å². The van der Waals surface area contributed by atoms with Crippen LogP contribution in [0.2, 0.25) is 0 Å². The maximum atomic E-state index is 14.0. The lowest BCUT2D eigenvalue weighted by Crippen LogP contribution is -2.09. The number of aromatic nitrogens is 2. The fourth-order valence-corrected chi connectivity index (χ4v) is 2.97. The summed E-state index contributed by atoms with van der Waals surface area (Å²) in [5.74, 6) is -0.963. The molecule has 0 saturated carbocycles. The van der Waals surface area contributed by atoms with Crippen molar-refractivity contribution in [1.29, 1.82) is 0 Å². The summed E-state index contributed by atoms with van der Waals surface area (Å²) < 4.78 is 14.6. The Hall–Kier alpha value is -2.21. The van der Waals surface area contributed by atoms with Gasteiger partial charge < -0.3 is 0 Å². The van der Waals surface area contributed by atoms with Gasteiger partial charge in [0, 0.05) is 33.7 Å². The zero-order chi connectivity index (χ0) is 16.4. The summed E-state index contributed by atoms with van der Waals surface area (Å²) in [5.41, 5.74) is 1.96. The van der Waals surface area contributed by atoms with Crippen molar-refractivity contribution < 1.29 is 4.39 Å². The number of fused-ring (bicyclic) bond motifs is 1. The smallest absolute Gasteiger partial charge is 0.218 e. The van der Waals surface area contributed by atoms with Crippen LogP contribution in [0.25, 0.3) is 10.9 Å². The topological polar surface area (TPSA) is 55.2 Å². The van der Waals surface area contributed by atoms with E-state index < -0.39 is 12.0 Å². The van der Waals surface area contributed by atoms with Gasteiger partial charge in [-0.1, -0.05) is 24.2 Å². The molecule has 2 unspecified atom stereocenters. The molecule has 2 atom stereocenters. The summed E-state index contributed by atoms with van der Waals surface area (Å²) in [6.07, 6.45) is 3.08. The molecule has 0 saturated heterocycles. The number of rotatable bonds is 4. The van der Waals surface area contributed by atoms with Crippen LogP contribution in [-0.2, 0) is 0 Å². The van der Waals surface area contributed by atoms with E-state index in [2.05, 4.69) is 31.1 Å². The van der Waals surface area contributed by atoms with E-state index in [9.17, 15) is 9.30 Å². The van der Waals surface area contributed by atoms with Crippen LogP contribution in [0.15, 0.2) is 58.4 Å². The van der Waals surface area contributed by atoms with E-state index >= 15 is 0 Å². The fourth-order valence-electron chi connectivity index (χ4n) is 2.62. The molecule has 6 heteroatoms. The molecular weight excluding hydrogens is 361 g/mol. The van der Waals surface area contributed by atoms with Gasteiger partial charge in [-0.15, -0.1) is 0 Å². The van der Waals surface area contributed by atoms with Crippen molar-refractivity contribution in [3.8, 4) is 0 Å². The summed E-state index contributed by atoms with van der Waals surface area (Å²) in [6, 6.07) is 10.2. The first kappa shape index (κ1) is 15.7. The maximum Gasteiger partial charge on any atom is 0.218 e. The molecule has 2 heterocycles. The van der Waals surface area contributed by atoms with Crippen LogP contribution in [-0.4, -0.2) is 9.97 Å². The van der Waals surface area contributed by atoms with E-state index in [4.69, 9.17) is 0 Å². The Balaban J connectivity index is 2.02. The first-order valence-electron chi connectivity index (χ1n) is 7.08. The van der Waals surface area contributed by atoms with Gasteiger partial charge in [-0.2, -0.15) is 9.30 Å². The van der Waals surface area contributed by atoms with Gasteiger partial charge in [0.15, 0.2) is 0 Å². The molecule has 2 aromatic heterocycles. The lowest BCUT2D eigenvalue weighted by Gasteiger charge is -2.19. The van der Waals surface area contributed by atoms with E-state index in [1.807, 2.05) is 37.3 Å². The zero-order valence-corrected chi connectivity index (χ0v) is 13.9. The molecule has 23 heavy (non-hydrogen) atoms. The Labute approximate surface area is 140 Å². The average Bonchev–Trinajstić information content (AvgIpc) is 2.58. The number of nitrogens with zero attached hydrogens (tertiary/aromatic N) is 3. The Morgan fingerprint density at radius 2 is 2.04 bits per heavy atom. The summed E-state index contributed by atoms with van der Waals surface area (Å²) in [5, 5.41) is 4.12. The lowest BCUT2D eigenvalue weighted by molar-refractivity contribution is 0.514. The second-order valence-corrected chi connectivity index (χ2v) is 6.24. The van der Waals surface area contributed by atoms with Crippen molar-refractivity contribution in [2.24, 2.45) is 5.18 Å². The predicted molar refractivity (Wildman–Crippen MR) is 90.6 cm³/mol. The Kier molecular flexibility index (Phi) is 4.43. The molecule has 0 amide bonds. The summed E-state index contributed by atoms with van der Waals surface area (Å²) >= 11 is 3.25. The molecule has 116 valence electrons. The normalized spacial score (nSPS) is 13.7. The maximum absolute atomic E-state index is 14.0. The van der Waals surface area contributed by atoms with Crippen molar-refractivity contribution in [1.82, 2.24) is 9.97 Å². The standard InChI is InChI=1S/C17H13BrFN3O/c1-10(11-4-5-15-12(7-11)3-2-6-20-15)16(22-23)14-8-13(18)9-21-17(14)19/h2-10,16H,1H3. The third-order valence-electron chi connectivity index (χ3n) is 3.89. The van der Waals surface area contributed by atoms with Gasteiger partial charge in [0.05, 0.1) is 5.52 Å². The number of pyridine rings is 2. The van der Waals surface area contributed by atoms with Gasteiger partial charge in [-0.05, 0) is 45.8 Å². The molecule has 4 nitrogen and oxygen atoms in total. The number of hydrogen-bond donors (Lipinski definition) is 0. The quantitative estimate of drug-likeness (QED) is 0.469. The number of benzene rings is 1.